The number of carbonyl (C=O) groups excluding carboxylic acids is 6. The maximum Gasteiger partial charge on any atom is 0.290 e. The Bertz CT molecular complexity index is 1090. The minimum Gasteiger partial charge on any atom is -0.344 e. The maximum absolute atomic E-state index is 13.2. The number of Topliss-reactive ketones (excluding diaryl/α,β-unsaturated/α-hetero) is 1. The lowest BCUT2D eigenvalue weighted by Crippen LogP contribution is -2.59. The van der Waals surface area contributed by atoms with Crippen LogP contribution in [-0.4, -0.2) is 78.0 Å². The molecule has 0 aromatic heterocycles. The lowest BCUT2D eigenvalue weighted by Gasteiger charge is -2.31. The monoisotopic (exact) mass is 571 g/mol. The summed E-state index contributed by atoms with van der Waals surface area (Å²) in [6.45, 7) is 12.6. The van der Waals surface area contributed by atoms with Crippen molar-refractivity contribution in [3.63, 3.8) is 0 Å². The largest absolute Gasteiger partial charge is 0.344 e. The Labute approximate surface area is 243 Å². The average molecular weight is 572 g/mol. The van der Waals surface area contributed by atoms with Crippen molar-refractivity contribution in [2.24, 2.45) is 11.3 Å². The van der Waals surface area contributed by atoms with Gasteiger partial charge in [-0.3, -0.25) is 28.8 Å². The van der Waals surface area contributed by atoms with Crippen LogP contribution in [0.2, 0.25) is 0 Å². The summed E-state index contributed by atoms with van der Waals surface area (Å²) in [6.07, 6.45) is 12.4. The molecule has 5 amide bonds. The van der Waals surface area contributed by atoms with Gasteiger partial charge in [0.15, 0.2) is 0 Å². The number of nitrogens with one attached hydrogen (secondary N) is 4. The number of nitrogens with zero attached hydrogens (tertiary/aromatic N) is 1. The quantitative estimate of drug-likeness (QED) is 0.119. The number of hydrogen-bond donors (Lipinski definition) is 4. The summed E-state index contributed by atoms with van der Waals surface area (Å²) >= 11 is 0. The molecular weight excluding hydrogens is 526 g/mol. The zero-order valence-corrected chi connectivity index (χ0v) is 25.3. The number of likely N-dealkylation sites (tertiary alicyclic amines) is 1. The molecule has 1 saturated heterocycles. The molecule has 0 aromatic carbocycles. The minimum absolute atomic E-state index is 0.263. The van der Waals surface area contributed by atoms with Crippen LogP contribution in [0.3, 0.4) is 0 Å². The molecule has 3 unspecified atom stereocenters. The van der Waals surface area contributed by atoms with E-state index in [-0.39, 0.29) is 18.0 Å². The van der Waals surface area contributed by atoms with Gasteiger partial charge in [0, 0.05) is 18.7 Å². The number of carbonyl (C=O) groups is 6. The molecule has 11 nitrogen and oxygen atoms in total. The van der Waals surface area contributed by atoms with Gasteiger partial charge in [-0.05, 0) is 56.6 Å². The molecule has 1 heterocycles. The van der Waals surface area contributed by atoms with Gasteiger partial charge in [0.25, 0.3) is 11.8 Å². The standard InChI is InChI=1S/C30H45N5O6/c1-9-11-15-21(10-2)27(39)34-25(30(6,7)8)29(41)32-20(5)26(38)33-23(19(3)4)24(37)28(40)31-18-22(36)35-16-13-12-14-17-35/h1,10-11,15,19-20,23,25H,12-14,16-18H2,2-8H3,(H,31,40)(H,32,41)(H,33,38)(H,34,39). The van der Waals surface area contributed by atoms with Gasteiger partial charge in [0.1, 0.15) is 12.1 Å². The Morgan fingerprint density at radius 2 is 1.51 bits per heavy atom. The van der Waals surface area contributed by atoms with Crippen LogP contribution in [0, 0.1) is 23.7 Å². The van der Waals surface area contributed by atoms with Gasteiger partial charge in [-0.15, -0.1) is 6.42 Å². The first-order valence-electron chi connectivity index (χ1n) is 13.9. The van der Waals surface area contributed by atoms with E-state index in [9.17, 15) is 28.8 Å². The molecule has 3 atom stereocenters. The fourth-order valence-corrected chi connectivity index (χ4v) is 4.15. The molecule has 1 rings (SSSR count). The second-order valence-electron chi connectivity index (χ2n) is 11.5. The third-order valence-corrected chi connectivity index (χ3v) is 6.67. The van der Waals surface area contributed by atoms with Crippen LogP contribution in [0.1, 0.15) is 67.7 Å². The highest BCUT2D eigenvalue weighted by Gasteiger charge is 2.36. The van der Waals surface area contributed by atoms with E-state index in [1.807, 2.05) is 0 Å². The fraction of sp³-hybridized carbons (Fsp3) is 0.600. The summed E-state index contributed by atoms with van der Waals surface area (Å²) in [5.74, 6) is -2.08. The second-order valence-corrected chi connectivity index (χ2v) is 11.5. The van der Waals surface area contributed by atoms with Crippen molar-refractivity contribution in [2.75, 3.05) is 19.6 Å². The smallest absolute Gasteiger partial charge is 0.290 e. The first-order valence-corrected chi connectivity index (χ1v) is 13.9. The summed E-state index contributed by atoms with van der Waals surface area (Å²) in [7, 11) is 0. The highest BCUT2D eigenvalue weighted by molar-refractivity contribution is 6.38. The van der Waals surface area contributed by atoms with Crippen molar-refractivity contribution in [1.29, 1.82) is 0 Å². The number of rotatable bonds is 12. The van der Waals surface area contributed by atoms with Crippen molar-refractivity contribution >= 4 is 35.3 Å². The Balaban J connectivity index is 2.85. The third-order valence-electron chi connectivity index (χ3n) is 6.67. The molecule has 0 spiro atoms. The van der Waals surface area contributed by atoms with Crippen LogP contribution < -0.4 is 21.3 Å². The Kier molecular flexibility index (Phi) is 14.0. The molecule has 1 fully saturated rings. The number of piperidine rings is 1. The molecule has 0 aliphatic carbocycles. The number of hydrogen-bond acceptors (Lipinski definition) is 6. The third kappa shape index (κ3) is 11.2. The zero-order valence-electron chi connectivity index (χ0n) is 25.3. The molecule has 0 aromatic rings. The summed E-state index contributed by atoms with van der Waals surface area (Å²) < 4.78 is 0. The molecule has 0 radical (unpaired) electrons. The Morgan fingerprint density at radius 1 is 0.902 bits per heavy atom. The number of terminal acetylenes is 1. The second kappa shape index (κ2) is 16.4. The summed E-state index contributed by atoms with van der Waals surface area (Å²) in [5, 5.41) is 10.2. The first-order chi connectivity index (χ1) is 19.1. The summed E-state index contributed by atoms with van der Waals surface area (Å²) in [5.41, 5.74) is -0.449. The van der Waals surface area contributed by atoms with E-state index in [0.29, 0.717) is 13.1 Å². The van der Waals surface area contributed by atoms with E-state index in [1.54, 1.807) is 52.5 Å². The topological polar surface area (TPSA) is 154 Å². The van der Waals surface area contributed by atoms with Crippen molar-refractivity contribution in [3.05, 3.63) is 23.8 Å². The molecule has 11 heteroatoms. The predicted molar refractivity (Wildman–Crippen MR) is 156 cm³/mol. The lowest BCUT2D eigenvalue weighted by atomic mass is 9.85. The first kappa shape index (κ1) is 35.1. The van der Waals surface area contributed by atoms with Crippen molar-refractivity contribution in [2.45, 2.75) is 85.9 Å². The van der Waals surface area contributed by atoms with Crippen molar-refractivity contribution in [1.82, 2.24) is 26.2 Å². The SMILES string of the molecule is C#CC=CC(=CC)C(=O)NC(C(=O)NC(C)C(=O)NC(C(=O)C(=O)NCC(=O)N1CCCCC1)C(C)C)C(C)(C)C. The number of ketones is 1. The summed E-state index contributed by atoms with van der Waals surface area (Å²) in [4.78, 5) is 78.3. The summed E-state index contributed by atoms with van der Waals surface area (Å²) in [6, 6.07) is -3.28. The lowest BCUT2D eigenvalue weighted by molar-refractivity contribution is -0.142. The van der Waals surface area contributed by atoms with E-state index >= 15 is 0 Å². The van der Waals surface area contributed by atoms with Crippen LogP contribution in [0.15, 0.2) is 23.8 Å². The van der Waals surface area contributed by atoms with Crippen LogP contribution in [0.4, 0.5) is 0 Å². The van der Waals surface area contributed by atoms with Gasteiger partial charge < -0.3 is 26.2 Å². The molecule has 0 bridgehead atoms. The number of allylic oxidation sites excluding steroid dienone is 2. The average Bonchev–Trinajstić information content (AvgIpc) is 2.92. The van der Waals surface area contributed by atoms with Crippen LogP contribution in [0.25, 0.3) is 0 Å². The van der Waals surface area contributed by atoms with Gasteiger partial charge in [-0.2, -0.15) is 0 Å². The van der Waals surface area contributed by atoms with Crippen molar-refractivity contribution < 1.29 is 28.8 Å². The predicted octanol–water partition coefficient (Wildman–Crippen LogP) is 0.996. The van der Waals surface area contributed by atoms with E-state index < -0.39 is 58.9 Å². The molecule has 41 heavy (non-hydrogen) atoms. The molecule has 226 valence electrons. The molecule has 1 aliphatic heterocycles. The van der Waals surface area contributed by atoms with Crippen molar-refractivity contribution in [3.8, 4) is 12.3 Å². The Hall–Kier alpha value is -3.94. The normalized spacial score (nSPS) is 16.3. The zero-order chi connectivity index (χ0) is 31.3. The molecular formula is C30H45N5O6. The highest BCUT2D eigenvalue weighted by Crippen LogP contribution is 2.20. The van der Waals surface area contributed by atoms with Crippen LogP contribution in [0.5, 0.6) is 0 Å². The number of amides is 5. The van der Waals surface area contributed by atoms with Gasteiger partial charge >= 0.3 is 0 Å². The maximum atomic E-state index is 13.2. The van der Waals surface area contributed by atoms with Crippen LogP contribution >= 0.6 is 0 Å². The van der Waals surface area contributed by atoms with E-state index in [0.717, 1.165) is 19.3 Å². The Morgan fingerprint density at radius 3 is 2.02 bits per heavy atom. The van der Waals surface area contributed by atoms with Gasteiger partial charge in [-0.1, -0.05) is 46.6 Å². The minimum atomic E-state index is -1.18. The molecule has 4 N–H and O–H groups in total. The molecule has 1 aliphatic rings. The van der Waals surface area contributed by atoms with E-state index in [4.69, 9.17) is 6.42 Å². The van der Waals surface area contributed by atoms with E-state index in [2.05, 4.69) is 27.2 Å². The fourth-order valence-electron chi connectivity index (χ4n) is 4.15. The van der Waals surface area contributed by atoms with Gasteiger partial charge in [0.2, 0.25) is 23.5 Å². The highest BCUT2D eigenvalue weighted by atomic mass is 16.2. The van der Waals surface area contributed by atoms with Crippen LogP contribution in [-0.2, 0) is 28.8 Å². The van der Waals surface area contributed by atoms with Gasteiger partial charge in [-0.25, -0.2) is 0 Å². The van der Waals surface area contributed by atoms with Gasteiger partial charge in [0.05, 0.1) is 12.6 Å². The van der Waals surface area contributed by atoms with E-state index in [1.165, 1.54) is 19.1 Å². The molecule has 0 saturated carbocycles.